The van der Waals surface area contributed by atoms with Gasteiger partial charge in [0.15, 0.2) is 17.9 Å². The first-order chi connectivity index (χ1) is 24.1. The number of aromatic hydroxyl groups is 2. The second-order valence-electron chi connectivity index (χ2n) is 12.2. The van der Waals surface area contributed by atoms with Crippen molar-refractivity contribution < 1.29 is 66.4 Å². The second-order valence-corrected chi connectivity index (χ2v) is 12.2. The number of phenols is 2. The number of hydrogen-bond donors (Lipinski definition) is 3. The molecule has 2 aliphatic heterocycles. The maximum absolute atomic E-state index is 13.4. The summed E-state index contributed by atoms with van der Waals surface area (Å²) < 4.78 is 62.8. The Morgan fingerprint density at radius 1 is 0.980 bits per heavy atom. The van der Waals surface area contributed by atoms with Gasteiger partial charge >= 0.3 is 18.1 Å². The van der Waals surface area contributed by atoms with Gasteiger partial charge < -0.3 is 34.5 Å². The number of ether oxygens (including phenoxy) is 4. The number of carbonyl (C=O) groups excluding carboxylic acids is 4. The highest BCUT2D eigenvalue weighted by molar-refractivity contribution is 6.30. The third-order valence-electron chi connectivity index (χ3n) is 8.97. The number of amides is 1. The number of nitrogens with one attached hydrogen (secondary N) is 1. The van der Waals surface area contributed by atoms with Crippen LogP contribution in [0, 0.1) is 10.1 Å². The summed E-state index contributed by atoms with van der Waals surface area (Å²) in [6.07, 6.45) is -11.4. The van der Waals surface area contributed by atoms with Crippen molar-refractivity contribution >= 4 is 29.1 Å². The lowest BCUT2D eigenvalue weighted by Gasteiger charge is -2.40. The Hall–Kier alpha value is -5.39. The number of fused-ring (bicyclic) bond motifs is 3. The lowest BCUT2D eigenvalue weighted by molar-refractivity contribution is -0.384. The maximum atomic E-state index is 13.4. The smallest absolute Gasteiger partial charge is 0.471 e. The van der Waals surface area contributed by atoms with Gasteiger partial charge in [0.2, 0.25) is 0 Å². The number of nitro groups is 1. The van der Waals surface area contributed by atoms with Crippen molar-refractivity contribution in [1.82, 2.24) is 5.32 Å². The number of carbonyl (C=O) groups is 4. The van der Waals surface area contributed by atoms with Gasteiger partial charge in [0.05, 0.1) is 52.6 Å². The molecule has 14 nitrogen and oxygen atoms in total. The predicted molar refractivity (Wildman–Crippen MR) is 165 cm³/mol. The molecule has 1 fully saturated rings. The topological polar surface area (TPSA) is 201 Å². The van der Waals surface area contributed by atoms with Gasteiger partial charge in [0.25, 0.3) is 5.69 Å². The molecule has 6 atom stereocenters. The van der Waals surface area contributed by atoms with Gasteiger partial charge in [-0.1, -0.05) is 24.3 Å². The molecular formula is C34H29F3N2O12. The van der Waals surface area contributed by atoms with Crippen LogP contribution in [0.3, 0.4) is 0 Å². The van der Waals surface area contributed by atoms with Crippen molar-refractivity contribution in [3.63, 3.8) is 0 Å². The number of alkyl halides is 3. The number of non-ortho nitro benzene ring substituents is 1. The highest BCUT2D eigenvalue weighted by atomic mass is 19.4. The lowest BCUT2D eigenvalue weighted by atomic mass is 9.78. The number of nitrogens with zero attached hydrogens (tertiary/aromatic N) is 1. The fourth-order valence-electron chi connectivity index (χ4n) is 6.60. The third kappa shape index (κ3) is 6.62. The van der Waals surface area contributed by atoms with Crippen LogP contribution in [0.5, 0.6) is 11.5 Å². The summed E-state index contributed by atoms with van der Waals surface area (Å²) in [6.45, 7) is 2.65. The number of nitro benzene ring substituents is 1. The minimum atomic E-state index is -5.27. The molecule has 1 aliphatic carbocycles. The molecule has 0 radical (unpaired) electrons. The van der Waals surface area contributed by atoms with E-state index in [1.165, 1.54) is 19.1 Å². The van der Waals surface area contributed by atoms with E-state index in [4.69, 9.17) is 18.9 Å². The summed E-state index contributed by atoms with van der Waals surface area (Å²) in [5.41, 5.74) is -0.722. The van der Waals surface area contributed by atoms with Crippen LogP contribution in [0.1, 0.15) is 79.7 Å². The fourth-order valence-corrected chi connectivity index (χ4v) is 6.60. The number of ketones is 2. The predicted octanol–water partition coefficient (Wildman–Crippen LogP) is 4.21. The van der Waals surface area contributed by atoms with Crippen LogP contribution in [0.2, 0.25) is 0 Å². The van der Waals surface area contributed by atoms with E-state index in [0.717, 1.165) is 24.3 Å². The zero-order valence-electron chi connectivity index (χ0n) is 26.8. The highest BCUT2D eigenvalue weighted by Crippen LogP contribution is 2.48. The van der Waals surface area contributed by atoms with Crippen LogP contribution in [0.25, 0.3) is 0 Å². The first-order valence-corrected chi connectivity index (χ1v) is 15.6. The molecule has 3 N–H and O–H groups in total. The number of rotatable bonds is 7. The average Bonchev–Trinajstić information content (AvgIpc) is 3.08. The van der Waals surface area contributed by atoms with Crippen molar-refractivity contribution in [2.45, 2.75) is 69.6 Å². The summed E-state index contributed by atoms with van der Waals surface area (Å²) in [4.78, 5) is 61.7. The van der Waals surface area contributed by atoms with Crippen LogP contribution >= 0.6 is 0 Å². The molecule has 0 spiro atoms. The molecule has 3 aromatic carbocycles. The Balaban J connectivity index is 1.18. The molecule has 51 heavy (non-hydrogen) atoms. The van der Waals surface area contributed by atoms with Crippen LogP contribution in [-0.4, -0.2) is 82.0 Å². The summed E-state index contributed by atoms with van der Waals surface area (Å²) in [5.74, 6) is -5.62. The zero-order valence-corrected chi connectivity index (χ0v) is 26.8. The Morgan fingerprint density at radius 2 is 1.59 bits per heavy atom. The largest absolute Gasteiger partial charge is 0.507 e. The molecule has 3 aliphatic rings. The SMILES string of the molecule is C[C@@H]1O[C@@H](OC[C@@H]2Cc3c(O)c4c(c(O)c3[C@@H](C)O2)C(=O)c2ccccc2C4=O)C[C@H](NC(=O)C(F)(F)F)[C@H]1OC(=O)c1ccc([N+](=O)[O-])cc1. The molecule has 0 bridgehead atoms. The first kappa shape index (κ1) is 35.4. The molecule has 3 aromatic rings. The molecule has 0 unspecified atom stereocenters. The Kier molecular flexibility index (Phi) is 9.30. The van der Waals surface area contributed by atoms with Gasteiger partial charge in [-0.25, -0.2) is 4.79 Å². The monoisotopic (exact) mass is 714 g/mol. The minimum absolute atomic E-state index is 0.0668. The van der Waals surface area contributed by atoms with E-state index in [0.29, 0.717) is 0 Å². The zero-order chi connectivity index (χ0) is 36.9. The molecule has 1 amide bonds. The van der Waals surface area contributed by atoms with Gasteiger partial charge in [0.1, 0.15) is 17.6 Å². The summed E-state index contributed by atoms with van der Waals surface area (Å²) in [7, 11) is 0. The standard InChI is InChI=1S/C34H29F3N2O12/c1-14-24-21(29(42)25-26(30(24)43)28(41)20-6-4-3-5-19(20)27(25)40)11-18(49-14)13-48-23-12-22(38-33(45)34(35,36)37)31(15(2)50-23)51-32(44)16-7-9-17(10-8-16)39(46)47/h3-10,14-15,18,22-23,31,42-43H,11-13H2,1-2H3,(H,38,45)/t14-,15+,18+,22+,23-,31+/m1/s1. The maximum Gasteiger partial charge on any atom is 0.471 e. The van der Waals surface area contributed by atoms with Crippen LogP contribution in [0.4, 0.5) is 18.9 Å². The van der Waals surface area contributed by atoms with Gasteiger partial charge in [-0.2, -0.15) is 13.2 Å². The van der Waals surface area contributed by atoms with Gasteiger partial charge in [-0.15, -0.1) is 0 Å². The van der Waals surface area contributed by atoms with E-state index in [-0.39, 0.29) is 57.7 Å². The number of phenolic OH excluding ortho intramolecular Hbond substituents is 2. The van der Waals surface area contributed by atoms with Crippen molar-refractivity contribution in [3.8, 4) is 11.5 Å². The van der Waals surface area contributed by atoms with E-state index < -0.39 is 89.2 Å². The summed E-state index contributed by atoms with van der Waals surface area (Å²) in [5, 5.41) is 35.3. The molecule has 268 valence electrons. The fraction of sp³-hybridized carbons (Fsp3) is 0.353. The Labute approximate surface area is 286 Å². The normalized spacial score (nSPS) is 24.2. The van der Waals surface area contributed by atoms with Crippen LogP contribution < -0.4 is 5.32 Å². The van der Waals surface area contributed by atoms with E-state index in [1.807, 2.05) is 5.32 Å². The van der Waals surface area contributed by atoms with Crippen molar-refractivity contribution in [3.05, 3.63) is 97.6 Å². The Bertz CT molecular complexity index is 1950. The van der Waals surface area contributed by atoms with Crippen molar-refractivity contribution in [2.24, 2.45) is 0 Å². The first-order valence-electron chi connectivity index (χ1n) is 15.6. The quantitative estimate of drug-likeness (QED) is 0.107. The van der Waals surface area contributed by atoms with Crippen molar-refractivity contribution in [2.75, 3.05) is 6.61 Å². The van der Waals surface area contributed by atoms with E-state index in [9.17, 15) is 52.7 Å². The van der Waals surface area contributed by atoms with Crippen molar-refractivity contribution in [1.29, 1.82) is 0 Å². The number of esters is 1. The average molecular weight is 715 g/mol. The summed E-state index contributed by atoms with van der Waals surface area (Å²) >= 11 is 0. The van der Waals surface area contributed by atoms with E-state index >= 15 is 0 Å². The Morgan fingerprint density at radius 3 is 2.18 bits per heavy atom. The summed E-state index contributed by atoms with van der Waals surface area (Å²) in [6, 6.07) is 8.85. The molecule has 17 heteroatoms. The molecule has 0 aromatic heterocycles. The molecule has 2 heterocycles. The molecule has 0 saturated carbocycles. The van der Waals surface area contributed by atoms with Gasteiger partial charge in [-0.05, 0) is 26.0 Å². The molecule has 6 rings (SSSR count). The van der Waals surface area contributed by atoms with E-state index in [1.54, 1.807) is 19.1 Å². The highest BCUT2D eigenvalue weighted by Gasteiger charge is 2.47. The number of halogens is 3. The molecule has 1 saturated heterocycles. The second kappa shape index (κ2) is 13.4. The van der Waals surface area contributed by atoms with E-state index in [2.05, 4.69) is 0 Å². The van der Waals surface area contributed by atoms with Crippen LogP contribution in [0.15, 0.2) is 48.5 Å². The molecular weight excluding hydrogens is 685 g/mol. The number of benzene rings is 3. The van der Waals surface area contributed by atoms with Crippen LogP contribution in [-0.2, 0) is 30.2 Å². The minimum Gasteiger partial charge on any atom is -0.507 e. The third-order valence-corrected chi connectivity index (χ3v) is 8.97. The van der Waals surface area contributed by atoms with Gasteiger partial charge in [0, 0.05) is 47.2 Å². The lowest BCUT2D eigenvalue weighted by Crippen LogP contribution is -2.58. The van der Waals surface area contributed by atoms with Gasteiger partial charge in [-0.3, -0.25) is 24.5 Å². The number of hydrogen-bond acceptors (Lipinski definition) is 12.